The van der Waals surface area contributed by atoms with Crippen molar-refractivity contribution in [1.29, 1.82) is 0 Å². The quantitative estimate of drug-likeness (QED) is 0.462. The summed E-state index contributed by atoms with van der Waals surface area (Å²) in [5.41, 5.74) is 4.72. The number of aryl methyl sites for hydroxylation is 2. The average Bonchev–Trinajstić information content (AvgIpc) is 3.42. The van der Waals surface area contributed by atoms with Gasteiger partial charge in [0.15, 0.2) is 0 Å². The summed E-state index contributed by atoms with van der Waals surface area (Å²) < 4.78 is 17.8. The number of amides is 1. The maximum Gasteiger partial charge on any atom is 0.256 e. The van der Waals surface area contributed by atoms with Crippen LogP contribution in [0, 0.1) is 13.8 Å². The van der Waals surface area contributed by atoms with Crippen molar-refractivity contribution in [3.05, 3.63) is 71.0 Å². The number of rotatable bonds is 5. The zero-order valence-electron chi connectivity index (χ0n) is 18.8. The smallest absolute Gasteiger partial charge is 0.256 e. The molecule has 0 unspecified atom stereocenters. The average molecular weight is 445 g/mol. The molecule has 0 fully saturated rings. The van der Waals surface area contributed by atoms with Crippen LogP contribution in [0.4, 0.5) is 0 Å². The van der Waals surface area contributed by atoms with Crippen molar-refractivity contribution in [2.75, 3.05) is 14.2 Å². The summed E-state index contributed by atoms with van der Waals surface area (Å²) in [6.07, 6.45) is 1.69. The van der Waals surface area contributed by atoms with Gasteiger partial charge in [-0.2, -0.15) is 4.98 Å². The van der Waals surface area contributed by atoms with E-state index in [2.05, 4.69) is 15.1 Å². The monoisotopic (exact) mass is 445 g/mol. The molecule has 1 aliphatic heterocycles. The highest BCUT2D eigenvalue weighted by Gasteiger charge is 2.30. The molecule has 9 heteroatoms. The van der Waals surface area contributed by atoms with E-state index in [-0.39, 0.29) is 5.91 Å². The number of nitrogens with zero attached hydrogens (tertiary/aromatic N) is 5. The van der Waals surface area contributed by atoms with Gasteiger partial charge in [-0.15, -0.1) is 0 Å². The SMILES string of the molecule is COc1ccc(CN2Cc3c(-c4noc(C)n4)ncn3-c3ccc(OC)cc3C2=O)c(C)c1. The van der Waals surface area contributed by atoms with Gasteiger partial charge in [-0.25, -0.2) is 4.98 Å². The number of ether oxygens (including phenoxy) is 2. The van der Waals surface area contributed by atoms with Gasteiger partial charge in [0.2, 0.25) is 11.7 Å². The Balaban J connectivity index is 1.64. The second kappa shape index (κ2) is 8.09. The van der Waals surface area contributed by atoms with Gasteiger partial charge in [-0.1, -0.05) is 11.2 Å². The minimum absolute atomic E-state index is 0.0990. The Hall–Kier alpha value is -4.14. The largest absolute Gasteiger partial charge is 0.497 e. The van der Waals surface area contributed by atoms with Gasteiger partial charge < -0.3 is 18.9 Å². The van der Waals surface area contributed by atoms with E-state index < -0.39 is 0 Å². The number of hydrogen-bond donors (Lipinski definition) is 0. The Morgan fingerprint density at radius 1 is 1.06 bits per heavy atom. The fraction of sp³-hybridized carbons (Fsp3) is 0.250. The molecular formula is C24H23N5O4. The number of hydrogen-bond acceptors (Lipinski definition) is 7. The van der Waals surface area contributed by atoms with Crippen LogP contribution >= 0.6 is 0 Å². The number of fused-ring (bicyclic) bond motifs is 3. The lowest BCUT2D eigenvalue weighted by molar-refractivity contribution is 0.0732. The van der Waals surface area contributed by atoms with Gasteiger partial charge in [-0.3, -0.25) is 9.36 Å². The molecule has 168 valence electrons. The standard InChI is InChI=1S/C24H23N5O4/c1-14-9-17(31-3)6-5-16(14)11-28-12-21-22(23-26-15(2)33-27-23)25-13-29(21)20-8-7-18(32-4)10-19(20)24(28)30/h5-10,13H,11-12H2,1-4H3. The summed E-state index contributed by atoms with van der Waals surface area (Å²) in [5, 5.41) is 4.04. The lowest BCUT2D eigenvalue weighted by atomic mass is 10.1. The lowest BCUT2D eigenvalue weighted by Crippen LogP contribution is -2.29. The van der Waals surface area contributed by atoms with E-state index in [0.29, 0.717) is 41.8 Å². The van der Waals surface area contributed by atoms with E-state index in [0.717, 1.165) is 28.3 Å². The molecule has 1 aliphatic rings. The molecule has 2 aromatic heterocycles. The molecule has 5 rings (SSSR count). The summed E-state index contributed by atoms with van der Waals surface area (Å²) in [6, 6.07) is 11.3. The topological polar surface area (TPSA) is 95.5 Å². The summed E-state index contributed by atoms with van der Waals surface area (Å²) >= 11 is 0. The van der Waals surface area contributed by atoms with Crippen molar-refractivity contribution >= 4 is 5.91 Å². The first-order valence-electron chi connectivity index (χ1n) is 10.5. The van der Waals surface area contributed by atoms with Gasteiger partial charge in [-0.05, 0) is 48.4 Å². The minimum atomic E-state index is -0.0990. The van der Waals surface area contributed by atoms with Crippen LogP contribution in [0.5, 0.6) is 11.5 Å². The summed E-state index contributed by atoms with van der Waals surface area (Å²) in [6.45, 7) is 4.48. The molecule has 1 amide bonds. The highest BCUT2D eigenvalue weighted by Crippen LogP contribution is 2.33. The predicted octanol–water partition coefficient (Wildman–Crippen LogP) is 3.71. The van der Waals surface area contributed by atoms with Crippen molar-refractivity contribution in [2.45, 2.75) is 26.9 Å². The van der Waals surface area contributed by atoms with Crippen molar-refractivity contribution < 1.29 is 18.8 Å². The maximum atomic E-state index is 13.7. The predicted molar refractivity (Wildman–Crippen MR) is 119 cm³/mol. The summed E-state index contributed by atoms with van der Waals surface area (Å²) in [7, 11) is 3.22. The van der Waals surface area contributed by atoms with Gasteiger partial charge in [0.25, 0.3) is 5.91 Å². The van der Waals surface area contributed by atoms with Crippen molar-refractivity contribution in [1.82, 2.24) is 24.6 Å². The third kappa shape index (κ3) is 3.61. The molecule has 0 N–H and O–H groups in total. The van der Waals surface area contributed by atoms with Crippen molar-refractivity contribution in [3.63, 3.8) is 0 Å². The van der Waals surface area contributed by atoms with Crippen LogP contribution in [0.25, 0.3) is 17.2 Å². The molecule has 0 atom stereocenters. The number of aromatic nitrogens is 4. The Morgan fingerprint density at radius 3 is 2.52 bits per heavy atom. The zero-order valence-corrected chi connectivity index (χ0v) is 18.8. The van der Waals surface area contributed by atoms with Gasteiger partial charge in [0.05, 0.1) is 37.7 Å². The highest BCUT2D eigenvalue weighted by atomic mass is 16.5. The van der Waals surface area contributed by atoms with E-state index in [1.807, 2.05) is 41.8 Å². The highest BCUT2D eigenvalue weighted by molar-refractivity contribution is 5.99. The number of carbonyl (C=O) groups excluding carboxylic acids is 1. The Kier molecular flexibility index (Phi) is 5.08. The minimum Gasteiger partial charge on any atom is -0.497 e. The molecular weight excluding hydrogens is 422 g/mol. The van der Waals surface area contributed by atoms with E-state index in [4.69, 9.17) is 14.0 Å². The molecule has 0 saturated carbocycles. The number of benzene rings is 2. The molecule has 2 aromatic carbocycles. The second-order valence-electron chi connectivity index (χ2n) is 7.88. The fourth-order valence-electron chi connectivity index (χ4n) is 4.07. The third-order valence-electron chi connectivity index (χ3n) is 5.84. The van der Waals surface area contributed by atoms with E-state index >= 15 is 0 Å². The Bertz CT molecular complexity index is 1360. The number of carbonyl (C=O) groups is 1. The molecule has 0 radical (unpaired) electrons. The van der Waals surface area contributed by atoms with Crippen LogP contribution in [-0.2, 0) is 13.1 Å². The van der Waals surface area contributed by atoms with Crippen LogP contribution < -0.4 is 9.47 Å². The molecule has 0 spiro atoms. The first kappa shape index (κ1) is 20.7. The van der Waals surface area contributed by atoms with Crippen LogP contribution in [0.1, 0.15) is 33.1 Å². The number of imidazole rings is 1. The fourth-order valence-corrected chi connectivity index (χ4v) is 4.07. The van der Waals surface area contributed by atoms with Crippen LogP contribution in [-0.4, -0.2) is 44.7 Å². The summed E-state index contributed by atoms with van der Waals surface area (Å²) in [5.74, 6) is 2.14. The van der Waals surface area contributed by atoms with Gasteiger partial charge >= 0.3 is 0 Å². The Morgan fingerprint density at radius 2 is 1.82 bits per heavy atom. The third-order valence-corrected chi connectivity index (χ3v) is 5.84. The van der Waals surface area contributed by atoms with Crippen molar-refractivity contribution in [3.8, 4) is 28.7 Å². The molecule has 0 aliphatic carbocycles. The number of methoxy groups -OCH3 is 2. The molecule has 0 saturated heterocycles. The van der Waals surface area contributed by atoms with Gasteiger partial charge in [0, 0.05) is 13.5 Å². The molecule has 0 bridgehead atoms. The van der Waals surface area contributed by atoms with E-state index in [1.165, 1.54) is 0 Å². The van der Waals surface area contributed by atoms with Crippen LogP contribution in [0.3, 0.4) is 0 Å². The second-order valence-corrected chi connectivity index (χ2v) is 7.88. The molecule has 4 aromatic rings. The van der Waals surface area contributed by atoms with Gasteiger partial charge in [0.1, 0.15) is 23.5 Å². The molecule has 9 nitrogen and oxygen atoms in total. The van der Waals surface area contributed by atoms with E-state index in [9.17, 15) is 4.79 Å². The summed E-state index contributed by atoms with van der Waals surface area (Å²) in [4.78, 5) is 24.4. The first-order chi connectivity index (χ1) is 16.0. The first-order valence-corrected chi connectivity index (χ1v) is 10.5. The van der Waals surface area contributed by atoms with Crippen LogP contribution in [0.2, 0.25) is 0 Å². The van der Waals surface area contributed by atoms with Crippen LogP contribution in [0.15, 0.2) is 47.2 Å². The van der Waals surface area contributed by atoms with E-state index in [1.54, 1.807) is 38.4 Å². The normalized spacial score (nSPS) is 12.8. The zero-order chi connectivity index (χ0) is 23.1. The molecule has 3 heterocycles. The van der Waals surface area contributed by atoms with Crippen molar-refractivity contribution in [2.24, 2.45) is 0 Å². The maximum absolute atomic E-state index is 13.7. The Labute approximate surface area is 190 Å². The molecule has 33 heavy (non-hydrogen) atoms. The lowest BCUT2D eigenvalue weighted by Gasteiger charge is -2.22.